The first-order valence-corrected chi connectivity index (χ1v) is 5.89. The molecule has 1 aromatic rings. The largest absolute Gasteiger partial charge is 0.480 e. The van der Waals surface area contributed by atoms with E-state index in [9.17, 15) is 9.90 Å². The van der Waals surface area contributed by atoms with Crippen molar-refractivity contribution in [3.8, 4) is 0 Å². The van der Waals surface area contributed by atoms with Crippen molar-refractivity contribution in [3.63, 3.8) is 0 Å². The number of benzene rings is 1. The molecule has 3 heteroatoms. The molecule has 1 unspecified atom stereocenters. The molecule has 0 aromatic heterocycles. The molecular weight excluding hydrogens is 214 g/mol. The van der Waals surface area contributed by atoms with E-state index in [0.717, 1.165) is 22.3 Å². The standard InChI is InChI=1S/C14H21NO2/c1-8(2)15-13(14(16)17)12-10(4)6-9(3)7-11(12)5/h6-8,13,15H,1-5H3,(H,16,17). The SMILES string of the molecule is Cc1cc(C)c(C(NC(C)C)C(=O)O)c(C)c1. The van der Waals surface area contributed by atoms with Crippen LogP contribution in [0.3, 0.4) is 0 Å². The molecule has 1 atom stereocenters. The second-order valence-electron chi connectivity index (χ2n) is 4.91. The fourth-order valence-electron chi connectivity index (χ4n) is 2.26. The molecule has 0 aliphatic carbocycles. The molecule has 0 spiro atoms. The van der Waals surface area contributed by atoms with Crippen LogP contribution in [0.5, 0.6) is 0 Å². The summed E-state index contributed by atoms with van der Waals surface area (Å²) in [4.78, 5) is 11.4. The molecule has 0 saturated heterocycles. The average Bonchev–Trinajstić information content (AvgIpc) is 2.13. The van der Waals surface area contributed by atoms with Gasteiger partial charge in [-0.1, -0.05) is 17.7 Å². The maximum absolute atomic E-state index is 11.4. The van der Waals surface area contributed by atoms with E-state index in [4.69, 9.17) is 0 Å². The van der Waals surface area contributed by atoms with Gasteiger partial charge in [0, 0.05) is 6.04 Å². The van der Waals surface area contributed by atoms with Crippen molar-refractivity contribution < 1.29 is 9.90 Å². The molecule has 0 amide bonds. The van der Waals surface area contributed by atoms with E-state index in [1.54, 1.807) is 0 Å². The van der Waals surface area contributed by atoms with E-state index in [2.05, 4.69) is 5.32 Å². The molecule has 1 rings (SSSR count). The lowest BCUT2D eigenvalue weighted by Crippen LogP contribution is -2.34. The normalized spacial score (nSPS) is 12.8. The number of hydrogen-bond donors (Lipinski definition) is 2. The molecule has 94 valence electrons. The maximum Gasteiger partial charge on any atom is 0.325 e. The monoisotopic (exact) mass is 235 g/mol. The number of aryl methyl sites for hydroxylation is 3. The number of nitrogens with one attached hydrogen (secondary N) is 1. The molecule has 0 radical (unpaired) electrons. The number of carbonyl (C=O) groups is 1. The summed E-state index contributed by atoms with van der Waals surface area (Å²) in [6, 6.07) is 3.56. The fourth-order valence-corrected chi connectivity index (χ4v) is 2.26. The summed E-state index contributed by atoms with van der Waals surface area (Å²) in [5.74, 6) is -0.825. The van der Waals surface area contributed by atoms with Crippen LogP contribution in [0.2, 0.25) is 0 Å². The van der Waals surface area contributed by atoms with Gasteiger partial charge >= 0.3 is 5.97 Å². The Morgan fingerprint density at radius 1 is 1.18 bits per heavy atom. The number of aliphatic carboxylic acids is 1. The fraction of sp³-hybridized carbons (Fsp3) is 0.500. The van der Waals surface area contributed by atoms with Crippen LogP contribution < -0.4 is 5.32 Å². The average molecular weight is 235 g/mol. The van der Waals surface area contributed by atoms with E-state index >= 15 is 0 Å². The van der Waals surface area contributed by atoms with E-state index in [-0.39, 0.29) is 6.04 Å². The molecule has 0 bridgehead atoms. The molecule has 17 heavy (non-hydrogen) atoms. The first-order valence-electron chi connectivity index (χ1n) is 5.89. The van der Waals surface area contributed by atoms with E-state index in [1.807, 2.05) is 46.8 Å². The third kappa shape index (κ3) is 3.30. The summed E-state index contributed by atoms with van der Waals surface area (Å²) in [5, 5.41) is 12.4. The van der Waals surface area contributed by atoms with E-state index in [0.29, 0.717) is 0 Å². The first-order chi connectivity index (χ1) is 7.82. The van der Waals surface area contributed by atoms with Crippen LogP contribution in [0.25, 0.3) is 0 Å². The minimum absolute atomic E-state index is 0.135. The van der Waals surface area contributed by atoms with Gasteiger partial charge in [0.15, 0.2) is 0 Å². The lowest BCUT2D eigenvalue weighted by atomic mass is 9.93. The van der Waals surface area contributed by atoms with Crippen molar-refractivity contribution in [2.45, 2.75) is 46.7 Å². The minimum Gasteiger partial charge on any atom is -0.480 e. The molecule has 0 saturated carbocycles. The second kappa shape index (κ2) is 5.32. The number of hydrogen-bond acceptors (Lipinski definition) is 2. The zero-order valence-electron chi connectivity index (χ0n) is 11.2. The Balaban J connectivity index is 3.23. The Hall–Kier alpha value is -1.35. The number of rotatable bonds is 4. The van der Waals surface area contributed by atoms with Gasteiger partial charge in [0.2, 0.25) is 0 Å². The highest BCUT2D eigenvalue weighted by Crippen LogP contribution is 2.24. The Morgan fingerprint density at radius 2 is 1.65 bits per heavy atom. The van der Waals surface area contributed by atoms with Gasteiger partial charge in [-0.3, -0.25) is 10.1 Å². The van der Waals surface area contributed by atoms with Crippen molar-refractivity contribution in [1.82, 2.24) is 5.32 Å². The third-order valence-electron chi connectivity index (χ3n) is 2.77. The highest BCUT2D eigenvalue weighted by molar-refractivity contribution is 5.77. The van der Waals surface area contributed by atoms with Gasteiger partial charge in [-0.05, 0) is 51.3 Å². The summed E-state index contributed by atoms with van der Waals surface area (Å²) < 4.78 is 0. The lowest BCUT2D eigenvalue weighted by molar-refractivity contribution is -0.139. The van der Waals surface area contributed by atoms with Crippen LogP contribution in [-0.2, 0) is 4.79 Å². The van der Waals surface area contributed by atoms with E-state index < -0.39 is 12.0 Å². The highest BCUT2D eigenvalue weighted by atomic mass is 16.4. The molecule has 3 nitrogen and oxygen atoms in total. The van der Waals surface area contributed by atoms with Crippen molar-refractivity contribution in [1.29, 1.82) is 0 Å². The number of carboxylic acid groups (broad SMARTS) is 1. The Morgan fingerprint density at radius 3 is 2.00 bits per heavy atom. The van der Waals surface area contributed by atoms with E-state index in [1.165, 1.54) is 0 Å². The van der Waals surface area contributed by atoms with Crippen molar-refractivity contribution in [3.05, 3.63) is 34.4 Å². The lowest BCUT2D eigenvalue weighted by Gasteiger charge is -2.22. The zero-order chi connectivity index (χ0) is 13.2. The van der Waals surface area contributed by atoms with Gasteiger partial charge in [-0.2, -0.15) is 0 Å². The van der Waals surface area contributed by atoms with Crippen molar-refractivity contribution >= 4 is 5.97 Å². The molecule has 0 aliphatic rings. The Kier molecular flexibility index (Phi) is 4.29. The van der Waals surface area contributed by atoms with Gasteiger partial charge in [0.25, 0.3) is 0 Å². The summed E-state index contributed by atoms with van der Waals surface area (Å²) in [6.07, 6.45) is 0. The van der Waals surface area contributed by atoms with Gasteiger partial charge < -0.3 is 5.11 Å². The number of carboxylic acids is 1. The quantitative estimate of drug-likeness (QED) is 0.843. The van der Waals surface area contributed by atoms with Crippen LogP contribution in [0, 0.1) is 20.8 Å². The highest BCUT2D eigenvalue weighted by Gasteiger charge is 2.23. The molecule has 0 heterocycles. The van der Waals surface area contributed by atoms with Gasteiger partial charge in [-0.15, -0.1) is 0 Å². The van der Waals surface area contributed by atoms with Crippen LogP contribution >= 0.6 is 0 Å². The molecular formula is C14H21NO2. The predicted molar refractivity (Wildman–Crippen MR) is 69.3 cm³/mol. The van der Waals surface area contributed by atoms with Crippen molar-refractivity contribution in [2.75, 3.05) is 0 Å². The summed E-state index contributed by atoms with van der Waals surface area (Å²) >= 11 is 0. The topological polar surface area (TPSA) is 49.3 Å². The second-order valence-corrected chi connectivity index (χ2v) is 4.91. The molecule has 0 aliphatic heterocycles. The minimum atomic E-state index is -0.825. The Labute approximate surface area is 103 Å². The first kappa shape index (κ1) is 13.7. The zero-order valence-corrected chi connectivity index (χ0v) is 11.2. The van der Waals surface area contributed by atoms with Gasteiger partial charge in [0.1, 0.15) is 6.04 Å². The van der Waals surface area contributed by atoms with Crippen LogP contribution in [0.1, 0.15) is 42.1 Å². The summed E-state index contributed by atoms with van der Waals surface area (Å²) in [5.41, 5.74) is 4.11. The van der Waals surface area contributed by atoms with Crippen molar-refractivity contribution in [2.24, 2.45) is 0 Å². The van der Waals surface area contributed by atoms with Crippen LogP contribution in [-0.4, -0.2) is 17.1 Å². The third-order valence-corrected chi connectivity index (χ3v) is 2.77. The Bertz CT molecular complexity index is 401. The summed E-state index contributed by atoms with van der Waals surface area (Å²) in [7, 11) is 0. The van der Waals surface area contributed by atoms with Gasteiger partial charge in [0.05, 0.1) is 0 Å². The predicted octanol–water partition coefficient (Wildman–Crippen LogP) is 2.74. The molecule has 0 fully saturated rings. The molecule has 2 N–H and O–H groups in total. The van der Waals surface area contributed by atoms with Crippen LogP contribution in [0.4, 0.5) is 0 Å². The molecule has 1 aromatic carbocycles. The maximum atomic E-state index is 11.4. The van der Waals surface area contributed by atoms with Crippen LogP contribution in [0.15, 0.2) is 12.1 Å². The van der Waals surface area contributed by atoms with Gasteiger partial charge in [-0.25, -0.2) is 0 Å². The smallest absolute Gasteiger partial charge is 0.325 e. The summed E-state index contributed by atoms with van der Waals surface area (Å²) in [6.45, 7) is 9.86.